The van der Waals surface area contributed by atoms with Gasteiger partial charge in [-0.1, -0.05) is 11.2 Å². The molecule has 3 aliphatic heterocycles. The van der Waals surface area contributed by atoms with E-state index < -0.39 is 5.54 Å². The van der Waals surface area contributed by atoms with Gasteiger partial charge in [-0.3, -0.25) is 0 Å². The Balaban J connectivity index is 1.37. The minimum Gasteiger partial charge on any atom is -0.495 e. The molecule has 4 heterocycles. The Morgan fingerprint density at radius 2 is 2.11 bits per heavy atom. The van der Waals surface area contributed by atoms with Crippen molar-refractivity contribution in [2.45, 2.75) is 31.7 Å². The number of nitrogens with zero attached hydrogens (tertiary/aromatic N) is 4. The predicted octanol–water partition coefficient (Wildman–Crippen LogP) is 4.83. The van der Waals surface area contributed by atoms with Crippen LogP contribution in [0.2, 0.25) is 0 Å². The number of piperidine rings is 1. The molecule has 1 aromatic heterocycles. The number of aromatic nitrogens is 2. The summed E-state index contributed by atoms with van der Waals surface area (Å²) in [5, 5.41) is 4.48. The SMILES string of the molecule is COc1cc(/C=C2\CCCN3C2=NOC[C@]32CCOc3ccc(F)cc32)ccc1-n1cnc(C)c1. The topological polar surface area (TPSA) is 61.1 Å². The largest absolute Gasteiger partial charge is 0.495 e. The second-order valence-electron chi connectivity index (χ2n) is 9.24. The van der Waals surface area contributed by atoms with Gasteiger partial charge in [0.05, 0.1) is 31.4 Å². The Bertz CT molecular complexity index is 1350. The number of halogens is 1. The normalized spacial score (nSPS) is 22.2. The first-order chi connectivity index (χ1) is 17.1. The molecular weight excluding hydrogens is 447 g/mol. The van der Waals surface area contributed by atoms with Crippen LogP contribution in [0.3, 0.4) is 0 Å². The summed E-state index contributed by atoms with van der Waals surface area (Å²) in [7, 11) is 1.67. The zero-order chi connectivity index (χ0) is 24.0. The summed E-state index contributed by atoms with van der Waals surface area (Å²) in [5.74, 6) is 2.02. The van der Waals surface area contributed by atoms with Crippen molar-refractivity contribution < 1.29 is 18.7 Å². The highest BCUT2D eigenvalue weighted by Crippen LogP contribution is 2.46. The van der Waals surface area contributed by atoms with Gasteiger partial charge < -0.3 is 23.8 Å². The highest BCUT2D eigenvalue weighted by Gasteiger charge is 2.49. The maximum Gasteiger partial charge on any atom is 0.172 e. The number of imidazole rings is 1. The first-order valence-corrected chi connectivity index (χ1v) is 11.9. The quantitative estimate of drug-likeness (QED) is 0.544. The molecule has 1 fully saturated rings. The summed E-state index contributed by atoms with van der Waals surface area (Å²) in [6, 6.07) is 10.9. The minimum absolute atomic E-state index is 0.272. The number of hydrogen-bond acceptors (Lipinski definition) is 6. The number of methoxy groups -OCH3 is 1. The van der Waals surface area contributed by atoms with E-state index in [-0.39, 0.29) is 5.82 Å². The summed E-state index contributed by atoms with van der Waals surface area (Å²) >= 11 is 0. The van der Waals surface area contributed by atoms with E-state index in [0.717, 1.165) is 59.1 Å². The minimum atomic E-state index is -0.493. The van der Waals surface area contributed by atoms with E-state index >= 15 is 0 Å². The number of fused-ring (bicyclic) bond motifs is 4. The van der Waals surface area contributed by atoms with Crippen LogP contribution in [0.1, 0.15) is 36.1 Å². The van der Waals surface area contributed by atoms with E-state index in [1.165, 1.54) is 6.07 Å². The molecule has 7 nitrogen and oxygen atoms in total. The first-order valence-electron chi connectivity index (χ1n) is 11.9. The summed E-state index contributed by atoms with van der Waals surface area (Å²) in [4.78, 5) is 12.4. The van der Waals surface area contributed by atoms with Crippen LogP contribution in [-0.4, -0.2) is 47.2 Å². The standard InChI is InChI=1S/C27H27FN4O3/c1-18-15-31(17-29-18)23-7-5-19(13-25(23)33-2)12-20-4-3-10-32-26(20)30-35-16-27(32)9-11-34-24-8-6-21(28)14-22(24)27/h5-8,12-15,17H,3-4,9-11,16H2,1-2H3/b20-12+/t27-/m0/s1. The van der Waals surface area contributed by atoms with Gasteiger partial charge in [-0.15, -0.1) is 0 Å². The van der Waals surface area contributed by atoms with Crippen molar-refractivity contribution in [2.75, 3.05) is 26.9 Å². The molecule has 2 aromatic carbocycles. The van der Waals surface area contributed by atoms with Crippen LogP contribution in [0, 0.1) is 12.7 Å². The summed E-state index contributed by atoms with van der Waals surface area (Å²) < 4.78 is 27.8. The molecule has 0 bridgehead atoms. The van der Waals surface area contributed by atoms with E-state index in [1.807, 2.05) is 29.8 Å². The van der Waals surface area contributed by atoms with Crippen LogP contribution in [0.15, 0.2) is 59.7 Å². The number of amidine groups is 1. The van der Waals surface area contributed by atoms with Crippen molar-refractivity contribution in [1.82, 2.24) is 14.5 Å². The van der Waals surface area contributed by atoms with Gasteiger partial charge in [0, 0.05) is 24.7 Å². The van der Waals surface area contributed by atoms with Gasteiger partial charge in [0.15, 0.2) is 5.84 Å². The zero-order valence-electron chi connectivity index (χ0n) is 19.8. The fourth-order valence-electron chi connectivity index (χ4n) is 5.40. The van der Waals surface area contributed by atoms with Crippen molar-refractivity contribution >= 4 is 11.9 Å². The smallest absolute Gasteiger partial charge is 0.172 e. The Morgan fingerprint density at radius 3 is 2.94 bits per heavy atom. The van der Waals surface area contributed by atoms with Crippen LogP contribution in [0.5, 0.6) is 11.5 Å². The maximum atomic E-state index is 14.3. The molecule has 35 heavy (non-hydrogen) atoms. The zero-order valence-corrected chi connectivity index (χ0v) is 19.8. The fourth-order valence-corrected chi connectivity index (χ4v) is 5.40. The van der Waals surface area contributed by atoms with Gasteiger partial charge in [-0.25, -0.2) is 9.37 Å². The van der Waals surface area contributed by atoms with Gasteiger partial charge in [0.25, 0.3) is 0 Å². The molecule has 1 spiro atoms. The number of rotatable bonds is 3. The highest BCUT2D eigenvalue weighted by atomic mass is 19.1. The third-order valence-electron chi connectivity index (χ3n) is 7.09. The van der Waals surface area contributed by atoms with Gasteiger partial charge in [-0.05, 0) is 67.3 Å². The molecule has 1 saturated heterocycles. The van der Waals surface area contributed by atoms with E-state index in [0.29, 0.717) is 25.4 Å². The lowest BCUT2D eigenvalue weighted by Crippen LogP contribution is -2.58. The lowest BCUT2D eigenvalue weighted by atomic mass is 9.80. The summed E-state index contributed by atoms with van der Waals surface area (Å²) in [5.41, 5.74) is 4.32. The lowest BCUT2D eigenvalue weighted by Gasteiger charge is -2.51. The highest BCUT2D eigenvalue weighted by molar-refractivity contribution is 6.03. The Hall–Kier alpha value is -3.81. The Kier molecular flexibility index (Phi) is 5.24. The number of aryl methyl sites for hydroxylation is 1. The van der Waals surface area contributed by atoms with E-state index in [9.17, 15) is 4.39 Å². The Labute approximate surface area is 203 Å². The maximum absolute atomic E-state index is 14.3. The molecule has 0 aliphatic carbocycles. The second-order valence-corrected chi connectivity index (χ2v) is 9.24. The number of benzene rings is 2. The average molecular weight is 475 g/mol. The molecule has 0 saturated carbocycles. The molecule has 0 radical (unpaired) electrons. The van der Waals surface area contributed by atoms with Crippen LogP contribution in [0.25, 0.3) is 11.8 Å². The van der Waals surface area contributed by atoms with Crippen LogP contribution in [0.4, 0.5) is 4.39 Å². The summed E-state index contributed by atoms with van der Waals surface area (Å²) in [6.07, 6.45) is 8.46. The number of ether oxygens (including phenoxy) is 2. The third-order valence-corrected chi connectivity index (χ3v) is 7.09. The van der Waals surface area contributed by atoms with Gasteiger partial charge >= 0.3 is 0 Å². The average Bonchev–Trinajstić information content (AvgIpc) is 3.31. The molecule has 180 valence electrons. The van der Waals surface area contributed by atoms with Crippen LogP contribution in [-0.2, 0) is 10.4 Å². The van der Waals surface area contributed by atoms with Crippen LogP contribution >= 0.6 is 0 Å². The van der Waals surface area contributed by atoms with Crippen molar-refractivity contribution in [3.8, 4) is 17.2 Å². The fraction of sp³-hybridized carbons (Fsp3) is 0.333. The molecule has 3 aromatic rings. The van der Waals surface area contributed by atoms with Gasteiger partial charge in [0.1, 0.15) is 29.5 Å². The molecule has 0 amide bonds. The van der Waals surface area contributed by atoms with Crippen molar-refractivity contribution in [3.05, 3.63) is 77.1 Å². The molecule has 1 atom stereocenters. The summed E-state index contributed by atoms with van der Waals surface area (Å²) in [6.45, 7) is 3.72. The second kappa shape index (κ2) is 8.45. The lowest BCUT2D eigenvalue weighted by molar-refractivity contribution is -0.0290. The van der Waals surface area contributed by atoms with Crippen molar-refractivity contribution in [2.24, 2.45) is 5.16 Å². The molecule has 8 heteroatoms. The molecule has 6 rings (SSSR count). The molecular formula is C27H27FN4O3. The van der Waals surface area contributed by atoms with E-state index in [2.05, 4.69) is 27.2 Å². The molecule has 0 unspecified atom stereocenters. The number of oxime groups is 1. The van der Waals surface area contributed by atoms with Crippen LogP contribution < -0.4 is 9.47 Å². The predicted molar refractivity (Wildman–Crippen MR) is 130 cm³/mol. The van der Waals surface area contributed by atoms with E-state index in [1.54, 1.807) is 25.6 Å². The van der Waals surface area contributed by atoms with E-state index in [4.69, 9.17) is 14.3 Å². The van der Waals surface area contributed by atoms with Crippen molar-refractivity contribution in [1.29, 1.82) is 0 Å². The monoisotopic (exact) mass is 474 g/mol. The number of hydrogen-bond donors (Lipinski definition) is 0. The molecule has 0 N–H and O–H groups in total. The third kappa shape index (κ3) is 3.64. The van der Waals surface area contributed by atoms with Gasteiger partial charge in [0.2, 0.25) is 0 Å². The van der Waals surface area contributed by atoms with Gasteiger partial charge in [-0.2, -0.15) is 0 Å². The van der Waals surface area contributed by atoms with Crippen molar-refractivity contribution in [3.63, 3.8) is 0 Å². The Morgan fingerprint density at radius 1 is 1.20 bits per heavy atom. The first kappa shape index (κ1) is 21.7. The molecule has 3 aliphatic rings.